The van der Waals surface area contributed by atoms with E-state index < -0.39 is 21.4 Å². The van der Waals surface area contributed by atoms with Gasteiger partial charge in [0.2, 0.25) is 0 Å². The van der Waals surface area contributed by atoms with E-state index in [1.807, 2.05) is 11.6 Å². The van der Waals surface area contributed by atoms with Gasteiger partial charge in [0, 0.05) is 36.7 Å². The Morgan fingerprint density at radius 1 is 1.18 bits per heavy atom. The maximum absolute atomic E-state index is 14.8. The Labute approximate surface area is 204 Å². The van der Waals surface area contributed by atoms with E-state index in [1.54, 1.807) is 39.0 Å². The molecule has 0 radical (unpaired) electrons. The molecule has 3 aromatic rings. The van der Waals surface area contributed by atoms with Gasteiger partial charge in [-0.3, -0.25) is 4.31 Å². The van der Waals surface area contributed by atoms with Gasteiger partial charge in [-0.1, -0.05) is 29.8 Å². The Kier molecular flexibility index (Phi) is 6.72. The molecule has 10 heteroatoms. The highest BCUT2D eigenvalue weighted by molar-refractivity contribution is 7.93. The van der Waals surface area contributed by atoms with Gasteiger partial charge in [0.05, 0.1) is 22.2 Å². The van der Waals surface area contributed by atoms with Crippen molar-refractivity contribution in [2.45, 2.75) is 50.0 Å². The zero-order valence-corrected chi connectivity index (χ0v) is 21.2. The lowest BCUT2D eigenvalue weighted by Gasteiger charge is -2.37. The Morgan fingerprint density at radius 2 is 1.88 bits per heavy atom. The largest absolute Gasteiger partial charge is 0.381 e. The molecule has 1 unspecified atom stereocenters. The van der Waals surface area contributed by atoms with Crippen LogP contribution in [0.5, 0.6) is 0 Å². The van der Waals surface area contributed by atoms with E-state index in [4.69, 9.17) is 16.3 Å². The van der Waals surface area contributed by atoms with Crippen molar-refractivity contribution in [3.63, 3.8) is 0 Å². The zero-order chi connectivity index (χ0) is 24.7. The number of ether oxygens (including phenoxy) is 1. The van der Waals surface area contributed by atoms with Crippen molar-refractivity contribution in [2.75, 3.05) is 17.5 Å². The number of hydrogen-bond acceptors (Lipinski definition) is 5. The molecule has 2 heterocycles. The third-order valence-electron chi connectivity index (χ3n) is 5.82. The number of nitrogens with zero attached hydrogens (tertiary/aromatic N) is 4. The van der Waals surface area contributed by atoms with Gasteiger partial charge in [0.25, 0.3) is 10.0 Å². The molecule has 0 N–H and O–H groups in total. The number of sulfonamides is 1. The van der Waals surface area contributed by atoms with E-state index in [9.17, 15) is 12.8 Å². The highest BCUT2D eigenvalue weighted by Crippen LogP contribution is 2.41. The zero-order valence-electron chi connectivity index (χ0n) is 19.6. The molecule has 1 atom stereocenters. The molecule has 1 aliphatic heterocycles. The summed E-state index contributed by atoms with van der Waals surface area (Å²) in [7, 11) is -2.24. The first-order valence-corrected chi connectivity index (χ1v) is 12.9. The Morgan fingerprint density at radius 3 is 2.50 bits per heavy atom. The topological polar surface area (TPSA) is 77.3 Å². The normalized spacial score (nSPS) is 17.1. The summed E-state index contributed by atoms with van der Waals surface area (Å²) < 4.78 is 51.0. The fourth-order valence-corrected chi connectivity index (χ4v) is 6.32. The lowest BCUT2D eigenvalue weighted by atomic mass is 10.0. The number of hydrogen-bond donors (Lipinski definition) is 0. The third-order valence-corrected chi connectivity index (χ3v) is 8.21. The summed E-state index contributed by atoms with van der Waals surface area (Å²) >= 11 is 6.17. The smallest absolute Gasteiger partial charge is 0.264 e. The minimum Gasteiger partial charge on any atom is -0.381 e. The van der Waals surface area contributed by atoms with Crippen LogP contribution in [0, 0.1) is 5.82 Å². The highest BCUT2D eigenvalue weighted by atomic mass is 35.5. The number of aromatic nitrogens is 3. The van der Waals surface area contributed by atoms with Crippen molar-refractivity contribution in [2.24, 2.45) is 7.05 Å². The summed E-state index contributed by atoms with van der Waals surface area (Å²) in [5.41, 5.74) is -0.415. The molecule has 0 bridgehead atoms. The van der Waals surface area contributed by atoms with Crippen LogP contribution in [0.4, 0.5) is 10.1 Å². The molecule has 0 saturated carbocycles. The van der Waals surface area contributed by atoms with Gasteiger partial charge >= 0.3 is 0 Å². The molecule has 7 nitrogen and oxygen atoms in total. The van der Waals surface area contributed by atoms with Gasteiger partial charge in [0.15, 0.2) is 5.82 Å². The van der Waals surface area contributed by atoms with Gasteiger partial charge < -0.3 is 9.30 Å². The van der Waals surface area contributed by atoms with Crippen molar-refractivity contribution in [3.05, 3.63) is 59.1 Å². The molecule has 182 valence electrons. The van der Waals surface area contributed by atoms with Crippen LogP contribution < -0.4 is 4.31 Å². The van der Waals surface area contributed by atoms with E-state index in [-0.39, 0.29) is 21.5 Å². The average molecular weight is 507 g/mol. The molecule has 0 amide bonds. The summed E-state index contributed by atoms with van der Waals surface area (Å²) in [6.45, 7) is 6.53. The van der Waals surface area contributed by atoms with Crippen molar-refractivity contribution in [1.82, 2.24) is 14.8 Å². The maximum atomic E-state index is 14.8. The monoisotopic (exact) mass is 506 g/mol. The van der Waals surface area contributed by atoms with Crippen LogP contribution in [-0.4, -0.2) is 41.9 Å². The predicted molar refractivity (Wildman–Crippen MR) is 130 cm³/mol. The van der Waals surface area contributed by atoms with E-state index in [0.29, 0.717) is 18.0 Å². The molecule has 1 fully saturated rings. The minimum absolute atomic E-state index is 0.0751. The second-order valence-electron chi connectivity index (χ2n) is 9.39. The van der Waals surface area contributed by atoms with Crippen molar-refractivity contribution >= 4 is 27.3 Å². The van der Waals surface area contributed by atoms with Crippen LogP contribution in [0.3, 0.4) is 0 Å². The molecular formula is C24H28ClFN4O3S. The molecular weight excluding hydrogens is 479 g/mol. The summed E-state index contributed by atoms with van der Waals surface area (Å²) in [5, 5.41) is 8.62. The molecule has 1 aliphatic rings. The number of rotatable bonds is 5. The molecule has 0 aliphatic carbocycles. The Hall–Kier alpha value is -2.49. The van der Waals surface area contributed by atoms with E-state index in [0.717, 1.165) is 31.3 Å². The summed E-state index contributed by atoms with van der Waals surface area (Å²) in [4.78, 5) is 0.101. The van der Waals surface area contributed by atoms with Crippen molar-refractivity contribution < 1.29 is 17.5 Å². The van der Waals surface area contributed by atoms with Crippen molar-refractivity contribution in [1.29, 1.82) is 0 Å². The Balaban J connectivity index is 1.92. The maximum Gasteiger partial charge on any atom is 0.264 e. The average Bonchev–Trinajstić information content (AvgIpc) is 3.17. The second-order valence-corrected chi connectivity index (χ2v) is 11.6. The summed E-state index contributed by atoms with van der Waals surface area (Å²) in [5.74, 6) is 0.483. The third kappa shape index (κ3) is 4.56. The van der Waals surface area contributed by atoms with Crippen LogP contribution in [0.1, 0.15) is 45.4 Å². The number of halogens is 2. The molecule has 1 aromatic heterocycles. The first-order valence-electron chi connectivity index (χ1n) is 11.1. The lowest BCUT2D eigenvalue weighted by Crippen LogP contribution is -2.46. The molecule has 2 aromatic carbocycles. The Bertz CT molecular complexity index is 1280. The summed E-state index contributed by atoms with van der Waals surface area (Å²) in [6, 6.07) is 10.6. The van der Waals surface area contributed by atoms with Gasteiger partial charge in [-0.15, -0.1) is 10.2 Å². The lowest BCUT2D eigenvalue weighted by molar-refractivity contribution is 0.0772. The minimum atomic E-state index is -4.05. The van der Waals surface area contributed by atoms with Crippen LogP contribution in [0.25, 0.3) is 11.4 Å². The van der Waals surface area contributed by atoms with E-state index in [2.05, 4.69) is 10.2 Å². The van der Waals surface area contributed by atoms with E-state index >= 15 is 0 Å². The first-order chi connectivity index (χ1) is 16.0. The quantitative estimate of drug-likeness (QED) is 0.477. The fourth-order valence-electron chi connectivity index (χ4n) is 4.31. The van der Waals surface area contributed by atoms with Crippen LogP contribution >= 0.6 is 11.6 Å². The van der Waals surface area contributed by atoms with Gasteiger partial charge in [-0.05, 0) is 51.8 Å². The predicted octanol–water partition coefficient (Wildman–Crippen LogP) is 5.16. The molecule has 0 spiro atoms. The number of benzene rings is 2. The standard InChI is InChI=1S/C24H28ClFN4O3S/c1-24(2,3)30(34(31,32)17-10-6-5-7-11-17)21-14-20(26)19(25)13-18(21)23-28-27-22(29(23)4)16-9-8-12-33-15-16/h5-7,10-11,13-14,16H,8-9,12,15H2,1-4H3. The van der Waals surface area contributed by atoms with Crippen LogP contribution in [0.2, 0.25) is 5.02 Å². The molecule has 4 rings (SSSR count). The summed E-state index contributed by atoms with van der Waals surface area (Å²) in [6.07, 6.45) is 1.84. The van der Waals surface area contributed by atoms with Gasteiger partial charge in [-0.25, -0.2) is 12.8 Å². The SMILES string of the molecule is Cn1c(-c2cc(Cl)c(F)cc2N(C(C)(C)C)S(=O)(=O)c2ccccc2)nnc1C1CCCOC1. The van der Waals surface area contributed by atoms with Crippen LogP contribution in [-0.2, 0) is 21.8 Å². The second kappa shape index (κ2) is 9.28. The fraction of sp³-hybridized carbons (Fsp3) is 0.417. The van der Waals surface area contributed by atoms with Crippen LogP contribution in [0.15, 0.2) is 47.4 Å². The van der Waals surface area contributed by atoms with Gasteiger partial charge in [0.1, 0.15) is 11.6 Å². The molecule has 34 heavy (non-hydrogen) atoms. The molecule has 1 saturated heterocycles. The van der Waals surface area contributed by atoms with E-state index in [1.165, 1.54) is 22.5 Å². The van der Waals surface area contributed by atoms with Gasteiger partial charge in [-0.2, -0.15) is 0 Å². The highest BCUT2D eigenvalue weighted by Gasteiger charge is 2.37. The number of anilines is 1. The first kappa shape index (κ1) is 24.6. The van der Waals surface area contributed by atoms with Crippen molar-refractivity contribution in [3.8, 4) is 11.4 Å².